The average molecular weight is 225 g/mol. The van der Waals surface area contributed by atoms with Crippen molar-refractivity contribution in [1.29, 1.82) is 0 Å². The molecule has 1 saturated carbocycles. The van der Waals surface area contributed by atoms with Crippen molar-refractivity contribution in [3.05, 3.63) is 0 Å². The largest absolute Gasteiger partial charge is 0.319 e. The van der Waals surface area contributed by atoms with E-state index in [1.807, 2.05) is 0 Å². The molecule has 1 heteroatoms. The Labute approximate surface area is 102 Å². The van der Waals surface area contributed by atoms with Gasteiger partial charge in [0, 0.05) is 0 Å². The Hall–Kier alpha value is -0.0400. The topological polar surface area (TPSA) is 12.0 Å². The molecule has 0 aromatic rings. The highest BCUT2D eigenvalue weighted by Gasteiger charge is 2.24. The lowest BCUT2D eigenvalue weighted by Gasteiger charge is -2.28. The normalized spacial score (nSPS) is 27.8. The lowest BCUT2D eigenvalue weighted by atomic mass is 9.79. The summed E-state index contributed by atoms with van der Waals surface area (Å²) in [6, 6.07) is 0. The summed E-state index contributed by atoms with van der Waals surface area (Å²) >= 11 is 0. The molecule has 2 atom stereocenters. The molecule has 0 spiro atoms. The summed E-state index contributed by atoms with van der Waals surface area (Å²) in [4.78, 5) is 0. The number of rotatable bonds is 4. The summed E-state index contributed by atoms with van der Waals surface area (Å²) in [6.07, 6.45) is 10.1. The van der Waals surface area contributed by atoms with Gasteiger partial charge in [-0.3, -0.25) is 0 Å². The molecule has 16 heavy (non-hydrogen) atoms. The highest BCUT2D eigenvalue weighted by atomic mass is 14.8. The molecule has 96 valence electrons. The van der Waals surface area contributed by atoms with E-state index in [0.717, 1.165) is 11.8 Å². The second kappa shape index (κ2) is 6.64. The fourth-order valence-corrected chi connectivity index (χ4v) is 2.99. The molecular formula is C15H31N. The van der Waals surface area contributed by atoms with Crippen LogP contribution in [0.3, 0.4) is 0 Å². The van der Waals surface area contributed by atoms with E-state index in [0.29, 0.717) is 5.41 Å². The molecule has 0 aromatic heterocycles. The summed E-state index contributed by atoms with van der Waals surface area (Å²) < 4.78 is 0. The molecule has 0 amide bonds. The first-order valence-electron chi connectivity index (χ1n) is 7.17. The first kappa shape index (κ1) is 14.0. The van der Waals surface area contributed by atoms with E-state index in [4.69, 9.17) is 0 Å². The van der Waals surface area contributed by atoms with Crippen LogP contribution in [0.15, 0.2) is 0 Å². The second-order valence-electron chi connectivity index (χ2n) is 6.82. The number of nitrogens with one attached hydrogen (secondary N) is 1. The van der Waals surface area contributed by atoms with Crippen molar-refractivity contribution in [1.82, 2.24) is 5.32 Å². The van der Waals surface area contributed by atoms with Crippen molar-refractivity contribution in [3.63, 3.8) is 0 Å². The monoisotopic (exact) mass is 225 g/mol. The number of hydrogen-bond donors (Lipinski definition) is 1. The molecule has 1 aliphatic carbocycles. The summed E-state index contributed by atoms with van der Waals surface area (Å²) in [5.74, 6) is 1.92. The van der Waals surface area contributed by atoms with Crippen LogP contribution in [-0.2, 0) is 0 Å². The molecule has 1 N–H and O–H groups in total. The third kappa shape index (κ3) is 5.34. The third-order valence-electron chi connectivity index (χ3n) is 4.05. The van der Waals surface area contributed by atoms with E-state index in [9.17, 15) is 0 Å². The lowest BCUT2D eigenvalue weighted by molar-refractivity contribution is 0.242. The van der Waals surface area contributed by atoms with E-state index in [1.54, 1.807) is 0 Å². The van der Waals surface area contributed by atoms with Gasteiger partial charge >= 0.3 is 0 Å². The van der Waals surface area contributed by atoms with Crippen LogP contribution in [0.25, 0.3) is 0 Å². The van der Waals surface area contributed by atoms with Crippen molar-refractivity contribution in [2.24, 2.45) is 17.3 Å². The minimum atomic E-state index is 0.510. The first-order chi connectivity index (χ1) is 7.53. The van der Waals surface area contributed by atoms with E-state index in [2.05, 4.69) is 33.1 Å². The van der Waals surface area contributed by atoms with Crippen molar-refractivity contribution in [2.75, 3.05) is 13.6 Å². The van der Waals surface area contributed by atoms with Gasteiger partial charge in [0.15, 0.2) is 0 Å². The SMILES string of the molecule is CNCC1CCCCCC1CCC(C)(C)C. The Morgan fingerprint density at radius 1 is 1.00 bits per heavy atom. The summed E-state index contributed by atoms with van der Waals surface area (Å²) in [7, 11) is 2.10. The van der Waals surface area contributed by atoms with E-state index in [-0.39, 0.29) is 0 Å². The molecule has 2 unspecified atom stereocenters. The predicted molar refractivity (Wildman–Crippen MR) is 72.7 cm³/mol. The van der Waals surface area contributed by atoms with Crippen LogP contribution in [0.2, 0.25) is 0 Å². The van der Waals surface area contributed by atoms with Crippen LogP contribution in [0.5, 0.6) is 0 Å². The van der Waals surface area contributed by atoms with Crippen LogP contribution in [-0.4, -0.2) is 13.6 Å². The smallest absolute Gasteiger partial charge is 0.00209 e. The lowest BCUT2D eigenvalue weighted by Crippen LogP contribution is -2.26. The van der Waals surface area contributed by atoms with Crippen molar-refractivity contribution >= 4 is 0 Å². The van der Waals surface area contributed by atoms with Crippen LogP contribution in [0, 0.1) is 17.3 Å². The Morgan fingerprint density at radius 3 is 2.19 bits per heavy atom. The Morgan fingerprint density at radius 2 is 1.62 bits per heavy atom. The molecule has 0 bridgehead atoms. The van der Waals surface area contributed by atoms with Crippen LogP contribution in [0.1, 0.15) is 65.7 Å². The molecule has 0 aliphatic heterocycles. The van der Waals surface area contributed by atoms with Crippen molar-refractivity contribution < 1.29 is 0 Å². The van der Waals surface area contributed by atoms with Crippen molar-refractivity contribution in [2.45, 2.75) is 65.7 Å². The van der Waals surface area contributed by atoms with Gasteiger partial charge in [-0.05, 0) is 50.1 Å². The minimum absolute atomic E-state index is 0.510. The van der Waals surface area contributed by atoms with Gasteiger partial charge in [-0.2, -0.15) is 0 Å². The highest BCUT2D eigenvalue weighted by molar-refractivity contribution is 4.77. The minimum Gasteiger partial charge on any atom is -0.319 e. The van der Waals surface area contributed by atoms with Gasteiger partial charge in [0.25, 0.3) is 0 Å². The average Bonchev–Trinajstić information content (AvgIpc) is 2.40. The Kier molecular flexibility index (Phi) is 5.82. The molecular weight excluding hydrogens is 194 g/mol. The number of hydrogen-bond acceptors (Lipinski definition) is 1. The van der Waals surface area contributed by atoms with Gasteiger partial charge < -0.3 is 5.32 Å². The van der Waals surface area contributed by atoms with Crippen LogP contribution >= 0.6 is 0 Å². The zero-order chi connectivity index (χ0) is 12.0. The third-order valence-corrected chi connectivity index (χ3v) is 4.05. The fraction of sp³-hybridized carbons (Fsp3) is 1.00. The summed E-state index contributed by atoms with van der Waals surface area (Å²) in [5, 5.41) is 3.39. The molecule has 1 nitrogen and oxygen atoms in total. The van der Waals surface area contributed by atoms with Crippen LogP contribution < -0.4 is 5.32 Å². The van der Waals surface area contributed by atoms with Gasteiger partial charge in [-0.15, -0.1) is 0 Å². The zero-order valence-electron chi connectivity index (χ0n) is 11.8. The maximum absolute atomic E-state index is 3.39. The maximum atomic E-state index is 3.39. The maximum Gasteiger partial charge on any atom is -0.00209 e. The fourth-order valence-electron chi connectivity index (χ4n) is 2.99. The quantitative estimate of drug-likeness (QED) is 0.706. The summed E-state index contributed by atoms with van der Waals surface area (Å²) in [5.41, 5.74) is 0.510. The van der Waals surface area contributed by atoms with E-state index in [1.165, 1.54) is 51.5 Å². The standard InChI is InChI=1S/C15H31N/c1-15(2,3)11-10-13-8-6-5-7-9-14(13)12-16-4/h13-14,16H,5-12H2,1-4H3. The van der Waals surface area contributed by atoms with E-state index < -0.39 is 0 Å². The highest BCUT2D eigenvalue weighted by Crippen LogP contribution is 2.34. The molecule has 1 fully saturated rings. The zero-order valence-corrected chi connectivity index (χ0v) is 11.8. The van der Waals surface area contributed by atoms with Gasteiger partial charge in [0.2, 0.25) is 0 Å². The molecule has 0 aromatic carbocycles. The summed E-state index contributed by atoms with van der Waals surface area (Å²) in [6.45, 7) is 8.35. The molecule has 0 heterocycles. The van der Waals surface area contributed by atoms with E-state index >= 15 is 0 Å². The Bertz CT molecular complexity index is 180. The molecule has 1 aliphatic rings. The molecule has 0 radical (unpaired) electrons. The Balaban J connectivity index is 2.44. The van der Waals surface area contributed by atoms with Crippen molar-refractivity contribution in [3.8, 4) is 0 Å². The first-order valence-corrected chi connectivity index (χ1v) is 7.17. The van der Waals surface area contributed by atoms with Gasteiger partial charge in [0.05, 0.1) is 0 Å². The molecule has 1 rings (SSSR count). The van der Waals surface area contributed by atoms with Gasteiger partial charge in [-0.25, -0.2) is 0 Å². The second-order valence-corrected chi connectivity index (χ2v) is 6.82. The predicted octanol–water partition coefficient (Wildman–Crippen LogP) is 4.23. The van der Waals surface area contributed by atoms with Crippen LogP contribution in [0.4, 0.5) is 0 Å². The molecule has 0 saturated heterocycles. The van der Waals surface area contributed by atoms with Gasteiger partial charge in [0.1, 0.15) is 0 Å². The van der Waals surface area contributed by atoms with Gasteiger partial charge in [-0.1, -0.05) is 46.5 Å².